The lowest BCUT2D eigenvalue weighted by Gasteiger charge is -2.19. The zero-order valence-electron chi connectivity index (χ0n) is 9.48. The first-order valence-corrected chi connectivity index (χ1v) is 5.70. The summed E-state index contributed by atoms with van der Waals surface area (Å²) in [5, 5.41) is 0.161. The van der Waals surface area contributed by atoms with Crippen LogP contribution in [0.5, 0.6) is 0 Å². The molecule has 0 aromatic carbocycles. The third kappa shape index (κ3) is 2.26. The lowest BCUT2D eigenvalue weighted by atomic mass is 10.1. The lowest BCUT2D eigenvalue weighted by molar-refractivity contribution is -0.121. The van der Waals surface area contributed by atoms with Gasteiger partial charge in [-0.2, -0.15) is 4.98 Å². The van der Waals surface area contributed by atoms with Gasteiger partial charge in [0, 0.05) is 13.1 Å². The van der Waals surface area contributed by atoms with Crippen LogP contribution in [0.25, 0.3) is 0 Å². The predicted molar refractivity (Wildman–Crippen MR) is 65.7 cm³/mol. The van der Waals surface area contributed by atoms with Crippen LogP contribution in [0.4, 0.5) is 11.5 Å². The van der Waals surface area contributed by atoms with E-state index in [1.54, 1.807) is 6.92 Å². The van der Waals surface area contributed by atoms with Gasteiger partial charge in [0.05, 0.1) is 17.3 Å². The smallest absolute Gasteiger partial charge is 0.224 e. The first-order valence-electron chi connectivity index (χ1n) is 5.33. The summed E-state index contributed by atoms with van der Waals surface area (Å²) in [6.45, 7) is 3.00. The van der Waals surface area contributed by atoms with E-state index in [9.17, 15) is 4.79 Å². The van der Waals surface area contributed by atoms with E-state index in [0.717, 1.165) is 6.42 Å². The van der Waals surface area contributed by atoms with E-state index >= 15 is 0 Å². The van der Waals surface area contributed by atoms with Gasteiger partial charge < -0.3 is 16.4 Å². The maximum absolute atomic E-state index is 11.1. The SMILES string of the molecule is Cc1nc(Cl)nc(N2CCC(C(N)=O)C2)c1N. The second-order valence-corrected chi connectivity index (χ2v) is 4.49. The molecular weight excluding hydrogens is 242 g/mol. The number of anilines is 2. The van der Waals surface area contributed by atoms with Crippen LogP contribution < -0.4 is 16.4 Å². The van der Waals surface area contributed by atoms with Gasteiger partial charge in [0.1, 0.15) is 0 Å². The Morgan fingerprint density at radius 1 is 1.53 bits per heavy atom. The molecule has 4 N–H and O–H groups in total. The van der Waals surface area contributed by atoms with Crippen molar-refractivity contribution in [1.82, 2.24) is 9.97 Å². The fourth-order valence-corrected chi connectivity index (χ4v) is 2.17. The number of primary amides is 1. The number of nitrogen functional groups attached to an aromatic ring is 1. The first-order chi connectivity index (χ1) is 7.99. The van der Waals surface area contributed by atoms with Crippen LogP contribution in [0.3, 0.4) is 0 Å². The fraction of sp³-hybridized carbons (Fsp3) is 0.500. The molecule has 1 aromatic rings. The Hall–Kier alpha value is -1.56. The minimum absolute atomic E-state index is 0.150. The van der Waals surface area contributed by atoms with Crippen molar-refractivity contribution in [1.29, 1.82) is 0 Å². The maximum atomic E-state index is 11.1. The van der Waals surface area contributed by atoms with E-state index in [4.69, 9.17) is 23.1 Å². The monoisotopic (exact) mass is 255 g/mol. The molecule has 0 spiro atoms. The molecule has 1 amide bonds. The number of aromatic nitrogens is 2. The Labute approximate surface area is 104 Å². The molecule has 1 fully saturated rings. The maximum Gasteiger partial charge on any atom is 0.224 e. The summed E-state index contributed by atoms with van der Waals surface area (Å²) in [6, 6.07) is 0. The highest BCUT2D eigenvalue weighted by Gasteiger charge is 2.29. The van der Waals surface area contributed by atoms with Crippen molar-refractivity contribution in [2.45, 2.75) is 13.3 Å². The van der Waals surface area contributed by atoms with Gasteiger partial charge in [0.2, 0.25) is 11.2 Å². The molecule has 7 heteroatoms. The van der Waals surface area contributed by atoms with Gasteiger partial charge in [-0.1, -0.05) is 0 Å². The summed E-state index contributed by atoms with van der Waals surface area (Å²) < 4.78 is 0. The van der Waals surface area contributed by atoms with Crippen molar-refractivity contribution in [3.63, 3.8) is 0 Å². The number of carbonyl (C=O) groups is 1. The third-order valence-electron chi connectivity index (χ3n) is 2.98. The van der Waals surface area contributed by atoms with E-state index in [-0.39, 0.29) is 17.1 Å². The van der Waals surface area contributed by atoms with Crippen molar-refractivity contribution in [2.75, 3.05) is 23.7 Å². The van der Waals surface area contributed by atoms with Gasteiger partial charge in [-0.25, -0.2) is 4.98 Å². The highest BCUT2D eigenvalue weighted by Crippen LogP contribution is 2.29. The highest BCUT2D eigenvalue weighted by atomic mass is 35.5. The summed E-state index contributed by atoms with van der Waals surface area (Å²) in [4.78, 5) is 21.1. The van der Waals surface area contributed by atoms with Crippen LogP contribution in [-0.4, -0.2) is 29.0 Å². The number of amides is 1. The number of nitrogens with two attached hydrogens (primary N) is 2. The van der Waals surface area contributed by atoms with Crippen LogP contribution in [0.2, 0.25) is 5.28 Å². The lowest BCUT2D eigenvalue weighted by Crippen LogP contribution is -2.28. The number of rotatable bonds is 2. The summed E-state index contributed by atoms with van der Waals surface area (Å²) in [6.07, 6.45) is 0.718. The van der Waals surface area contributed by atoms with E-state index < -0.39 is 0 Å². The Kier molecular flexibility index (Phi) is 3.06. The van der Waals surface area contributed by atoms with Gasteiger partial charge in [-0.05, 0) is 24.9 Å². The van der Waals surface area contributed by atoms with Gasteiger partial charge in [-0.15, -0.1) is 0 Å². The molecule has 1 atom stereocenters. The van der Waals surface area contributed by atoms with Crippen molar-refractivity contribution in [2.24, 2.45) is 11.7 Å². The van der Waals surface area contributed by atoms with E-state index in [0.29, 0.717) is 30.3 Å². The zero-order chi connectivity index (χ0) is 12.6. The molecule has 6 nitrogen and oxygen atoms in total. The Morgan fingerprint density at radius 3 is 2.82 bits per heavy atom. The molecule has 1 aromatic heterocycles. The fourth-order valence-electron chi connectivity index (χ4n) is 1.96. The molecule has 1 aliphatic heterocycles. The van der Waals surface area contributed by atoms with Crippen molar-refractivity contribution in [3.05, 3.63) is 11.0 Å². The molecule has 0 saturated carbocycles. The first kappa shape index (κ1) is 11.9. The largest absolute Gasteiger partial charge is 0.394 e. The number of aryl methyl sites for hydroxylation is 1. The molecule has 1 unspecified atom stereocenters. The number of hydrogen-bond donors (Lipinski definition) is 2. The molecule has 1 saturated heterocycles. The molecule has 1 aliphatic rings. The normalized spacial score (nSPS) is 19.6. The molecule has 0 radical (unpaired) electrons. The Bertz CT molecular complexity index is 464. The number of nitrogens with zero attached hydrogens (tertiary/aromatic N) is 3. The van der Waals surface area contributed by atoms with Gasteiger partial charge >= 0.3 is 0 Å². The number of halogens is 1. The highest BCUT2D eigenvalue weighted by molar-refractivity contribution is 6.28. The van der Waals surface area contributed by atoms with Crippen molar-refractivity contribution >= 4 is 29.0 Å². The Balaban J connectivity index is 2.27. The summed E-state index contributed by atoms with van der Waals surface area (Å²) in [5.74, 6) is 0.151. The topological polar surface area (TPSA) is 98.1 Å². The summed E-state index contributed by atoms with van der Waals surface area (Å²) in [7, 11) is 0. The van der Waals surface area contributed by atoms with Crippen LogP contribution in [0.15, 0.2) is 0 Å². The Morgan fingerprint density at radius 2 is 2.24 bits per heavy atom. The van der Waals surface area contributed by atoms with E-state index in [1.165, 1.54) is 0 Å². The molecule has 2 heterocycles. The van der Waals surface area contributed by atoms with E-state index in [1.807, 2.05) is 4.90 Å². The second-order valence-electron chi connectivity index (χ2n) is 4.15. The van der Waals surface area contributed by atoms with Crippen LogP contribution in [0.1, 0.15) is 12.1 Å². The standard InChI is InChI=1S/C10H14ClN5O/c1-5-7(12)9(15-10(11)14-5)16-3-2-6(4-16)8(13)17/h6H,2-4,12H2,1H3,(H2,13,17). The number of hydrogen-bond acceptors (Lipinski definition) is 5. The van der Waals surface area contributed by atoms with E-state index in [2.05, 4.69) is 9.97 Å². The number of carbonyl (C=O) groups excluding carboxylic acids is 1. The quantitative estimate of drug-likeness (QED) is 0.742. The van der Waals surface area contributed by atoms with Gasteiger partial charge in [0.15, 0.2) is 5.82 Å². The van der Waals surface area contributed by atoms with Crippen LogP contribution in [-0.2, 0) is 4.79 Å². The minimum atomic E-state index is -0.289. The molecule has 0 bridgehead atoms. The summed E-state index contributed by atoms with van der Waals surface area (Å²) in [5.41, 5.74) is 12.3. The average Bonchev–Trinajstić information content (AvgIpc) is 2.72. The predicted octanol–water partition coefficient (Wildman–Crippen LogP) is 0.332. The molecule has 0 aliphatic carbocycles. The molecule has 2 rings (SSSR count). The van der Waals surface area contributed by atoms with Crippen LogP contribution in [0, 0.1) is 12.8 Å². The average molecular weight is 256 g/mol. The van der Waals surface area contributed by atoms with Gasteiger partial charge in [0.25, 0.3) is 0 Å². The minimum Gasteiger partial charge on any atom is -0.394 e. The second kappa shape index (κ2) is 4.37. The summed E-state index contributed by atoms with van der Waals surface area (Å²) >= 11 is 5.80. The molecule has 92 valence electrons. The molecular formula is C10H14ClN5O. The molecule has 17 heavy (non-hydrogen) atoms. The van der Waals surface area contributed by atoms with Gasteiger partial charge in [-0.3, -0.25) is 4.79 Å². The van der Waals surface area contributed by atoms with Crippen molar-refractivity contribution < 1.29 is 4.79 Å². The zero-order valence-corrected chi connectivity index (χ0v) is 10.2. The van der Waals surface area contributed by atoms with Crippen molar-refractivity contribution in [3.8, 4) is 0 Å². The van der Waals surface area contributed by atoms with Crippen LogP contribution >= 0.6 is 11.6 Å². The third-order valence-corrected chi connectivity index (χ3v) is 3.15.